The van der Waals surface area contributed by atoms with Gasteiger partial charge in [0.05, 0.1) is 0 Å². The number of nitrogens with zero attached hydrogens (tertiary/aromatic N) is 2. The minimum Gasteiger partial charge on any atom is -0.408 e. The molecule has 16 heavy (non-hydrogen) atoms. The van der Waals surface area contributed by atoms with E-state index in [1.807, 2.05) is 0 Å². The summed E-state index contributed by atoms with van der Waals surface area (Å²) in [6.07, 6.45) is 2.82. The number of ether oxygens (including phenoxy) is 1. The maximum atomic E-state index is 5.40. The molecule has 1 aliphatic heterocycles. The zero-order valence-electron chi connectivity index (χ0n) is 9.32. The molecule has 1 saturated heterocycles. The monoisotopic (exact) mass is 226 g/mol. The quantitative estimate of drug-likeness (QED) is 0.756. The van der Waals surface area contributed by atoms with Crippen molar-refractivity contribution < 1.29 is 9.15 Å². The van der Waals surface area contributed by atoms with Crippen LogP contribution in [0.5, 0.6) is 0 Å². The van der Waals surface area contributed by atoms with Crippen molar-refractivity contribution in [3.8, 4) is 0 Å². The van der Waals surface area contributed by atoms with Crippen molar-refractivity contribution in [2.75, 3.05) is 31.6 Å². The standard InChI is InChI=1S/C10H18N4O2/c11-4-1-9-13-14-10(16-9)12-7-8-2-5-15-6-3-8/h8H,1-7,11H2,(H,12,14). The van der Waals surface area contributed by atoms with E-state index in [1.165, 1.54) is 0 Å². The third-order valence-corrected chi connectivity index (χ3v) is 2.71. The van der Waals surface area contributed by atoms with E-state index >= 15 is 0 Å². The van der Waals surface area contributed by atoms with Crippen molar-refractivity contribution >= 4 is 6.01 Å². The van der Waals surface area contributed by atoms with E-state index < -0.39 is 0 Å². The highest BCUT2D eigenvalue weighted by atomic mass is 16.5. The van der Waals surface area contributed by atoms with Crippen molar-refractivity contribution in [3.05, 3.63) is 5.89 Å². The number of hydrogen-bond donors (Lipinski definition) is 2. The summed E-state index contributed by atoms with van der Waals surface area (Å²) in [4.78, 5) is 0. The molecular weight excluding hydrogens is 208 g/mol. The average Bonchev–Trinajstić information content (AvgIpc) is 2.76. The van der Waals surface area contributed by atoms with Gasteiger partial charge in [0.15, 0.2) is 0 Å². The van der Waals surface area contributed by atoms with Crippen molar-refractivity contribution in [1.29, 1.82) is 0 Å². The number of hydrogen-bond acceptors (Lipinski definition) is 6. The first-order valence-corrected chi connectivity index (χ1v) is 5.72. The van der Waals surface area contributed by atoms with Gasteiger partial charge in [0.1, 0.15) is 0 Å². The minimum absolute atomic E-state index is 0.495. The second-order valence-electron chi connectivity index (χ2n) is 3.98. The summed E-state index contributed by atoms with van der Waals surface area (Å²) in [5, 5.41) is 10.9. The molecule has 0 bridgehead atoms. The Bertz CT molecular complexity index is 310. The van der Waals surface area contributed by atoms with Crippen molar-refractivity contribution in [2.24, 2.45) is 11.7 Å². The fraction of sp³-hybridized carbons (Fsp3) is 0.800. The molecule has 3 N–H and O–H groups in total. The Morgan fingerprint density at radius 1 is 1.31 bits per heavy atom. The van der Waals surface area contributed by atoms with Gasteiger partial charge in [-0.2, -0.15) is 0 Å². The predicted molar refractivity (Wildman–Crippen MR) is 59.1 cm³/mol. The number of aromatic nitrogens is 2. The third kappa shape index (κ3) is 3.18. The van der Waals surface area contributed by atoms with Crippen LogP contribution in [0.2, 0.25) is 0 Å². The summed E-state index contributed by atoms with van der Waals surface area (Å²) in [6, 6.07) is 0.495. The van der Waals surface area contributed by atoms with E-state index in [-0.39, 0.29) is 0 Å². The van der Waals surface area contributed by atoms with Crippen molar-refractivity contribution in [2.45, 2.75) is 19.3 Å². The Labute approximate surface area is 94.6 Å². The van der Waals surface area contributed by atoms with Crippen molar-refractivity contribution in [1.82, 2.24) is 10.2 Å². The third-order valence-electron chi connectivity index (χ3n) is 2.71. The predicted octanol–water partition coefficient (Wildman–Crippen LogP) is 0.409. The van der Waals surface area contributed by atoms with Crippen LogP contribution in [-0.4, -0.2) is 36.5 Å². The van der Waals surface area contributed by atoms with E-state index in [1.54, 1.807) is 0 Å². The molecule has 2 heterocycles. The fourth-order valence-corrected chi connectivity index (χ4v) is 1.73. The molecule has 0 spiro atoms. The Balaban J connectivity index is 1.75. The smallest absolute Gasteiger partial charge is 0.315 e. The lowest BCUT2D eigenvalue weighted by Gasteiger charge is -2.21. The number of rotatable bonds is 5. The Kier molecular flexibility index (Phi) is 4.12. The molecule has 0 radical (unpaired) electrons. The molecule has 6 nitrogen and oxygen atoms in total. The molecule has 1 aliphatic rings. The van der Waals surface area contributed by atoms with Crippen LogP contribution in [0.1, 0.15) is 18.7 Å². The van der Waals surface area contributed by atoms with Crippen LogP contribution >= 0.6 is 0 Å². The molecule has 0 aromatic carbocycles. The van der Waals surface area contributed by atoms with Crippen LogP contribution < -0.4 is 11.1 Å². The first kappa shape index (κ1) is 11.3. The van der Waals surface area contributed by atoms with Gasteiger partial charge in [0.2, 0.25) is 5.89 Å². The van der Waals surface area contributed by atoms with Gasteiger partial charge in [0.25, 0.3) is 0 Å². The topological polar surface area (TPSA) is 86.2 Å². The van der Waals surface area contributed by atoms with Crippen molar-refractivity contribution in [3.63, 3.8) is 0 Å². The first-order valence-electron chi connectivity index (χ1n) is 5.72. The van der Waals surface area contributed by atoms with Crippen LogP contribution in [-0.2, 0) is 11.2 Å². The SMILES string of the molecule is NCCc1nnc(NCC2CCOCC2)o1. The summed E-state index contributed by atoms with van der Waals surface area (Å²) in [5.41, 5.74) is 5.40. The lowest BCUT2D eigenvalue weighted by atomic mass is 10.0. The molecule has 1 aromatic rings. The summed E-state index contributed by atoms with van der Waals surface area (Å²) >= 11 is 0. The number of nitrogens with one attached hydrogen (secondary N) is 1. The van der Waals surface area contributed by atoms with Gasteiger partial charge >= 0.3 is 6.01 Å². The molecular formula is C10H18N4O2. The van der Waals surface area contributed by atoms with E-state index in [4.69, 9.17) is 14.9 Å². The molecule has 2 rings (SSSR count). The van der Waals surface area contributed by atoms with Gasteiger partial charge in [-0.15, -0.1) is 5.10 Å². The summed E-state index contributed by atoms with van der Waals surface area (Å²) in [6.45, 7) is 3.11. The lowest BCUT2D eigenvalue weighted by Crippen LogP contribution is -2.22. The van der Waals surface area contributed by atoms with Gasteiger partial charge in [-0.1, -0.05) is 5.10 Å². The highest BCUT2D eigenvalue weighted by Crippen LogP contribution is 2.15. The van der Waals surface area contributed by atoms with Crippen LogP contribution in [0.25, 0.3) is 0 Å². The maximum absolute atomic E-state index is 5.40. The van der Waals surface area contributed by atoms with Gasteiger partial charge in [-0.25, -0.2) is 0 Å². The largest absolute Gasteiger partial charge is 0.408 e. The van der Waals surface area contributed by atoms with Gasteiger partial charge in [-0.05, 0) is 18.8 Å². The zero-order chi connectivity index (χ0) is 11.2. The van der Waals surface area contributed by atoms with Crippen LogP contribution in [0.3, 0.4) is 0 Å². The van der Waals surface area contributed by atoms with E-state index in [9.17, 15) is 0 Å². The van der Waals surface area contributed by atoms with Crippen LogP contribution in [0.15, 0.2) is 4.42 Å². The molecule has 0 atom stereocenters. The Morgan fingerprint density at radius 2 is 2.12 bits per heavy atom. The van der Waals surface area contributed by atoms with Gasteiger partial charge in [-0.3, -0.25) is 0 Å². The fourth-order valence-electron chi connectivity index (χ4n) is 1.73. The Morgan fingerprint density at radius 3 is 2.88 bits per heavy atom. The highest BCUT2D eigenvalue weighted by Gasteiger charge is 2.14. The normalized spacial score (nSPS) is 17.6. The highest BCUT2D eigenvalue weighted by molar-refractivity contribution is 5.16. The van der Waals surface area contributed by atoms with E-state index in [0.717, 1.165) is 32.6 Å². The Hall–Kier alpha value is -1.14. The molecule has 90 valence electrons. The average molecular weight is 226 g/mol. The van der Waals surface area contributed by atoms with Gasteiger partial charge < -0.3 is 20.2 Å². The number of anilines is 1. The molecule has 6 heteroatoms. The molecule has 1 aromatic heterocycles. The van der Waals surface area contributed by atoms with Gasteiger partial charge in [0, 0.05) is 32.7 Å². The minimum atomic E-state index is 0.495. The van der Waals surface area contributed by atoms with E-state index in [0.29, 0.717) is 30.8 Å². The van der Waals surface area contributed by atoms with Crippen LogP contribution in [0.4, 0.5) is 6.01 Å². The molecule has 0 unspecified atom stereocenters. The maximum Gasteiger partial charge on any atom is 0.315 e. The summed E-state index contributed by atoms with van der Waals surface area (Å²) in [7, 11) is 0. The van der Waals surface area contributed by atoms with Crippen LogP contribution in [0, 0.1) is 5.92 Å². The second kappa shape index (κ2) is 5.81. The zero-order valence-corrected chi connectivity index (χ0v) is 9.32. The lowest BCUT2D eigenvalue weighted by molar-refractivity contribution is 0.0698. The molecule has 0 amide bonds. The molecule has 0 saturated carbocycles. The second-order valence-corrected chi connectivity index (χ2v) is 3.98. The number of nitrogens with two attached hydrogens (primary N) is 1. The van der Waals surface area contributed by atoms with E-state index in [2.05, 4.69) is 15.5 Å². The first-order chi connectivity index (χ1) is 7.88. The summed E-state index contributed by atoms with van der Waals surface area (Å²) < 4.78 is 10.7. The summed E-state index contributed by atoms with van der Waals surface area (Å²) in [5.74, 6) is 1.23. The molecule has 0 aliphatic carbocycles. The molecule has 1 fully saturated rings.